The van der Waals surface area contributed by atoms with Gasteiger partial charge in [-0.05, 0) is 20.3 Å². The predicted octanol–water partition coefficient (Wildman–Crippen LogP) is 2.19. The molecule has 0 unspecified atom stereocenters. The maximum absolute atomic E-state index is 11.2. The summed E-state index contributed by atoms with van der Waals surface area (Å²) in [6.07, 6.45) is 1.45. The Labute approximate surface area is 100 Å². The van der Waals surface area contributed by atoms with Crippen molar-refractivity contribution >= 4 is 5.97 Å². The molecular formula is C9H17O2Y-. The van der Waals surface area contributed by atoms with Crippen LogP contribution in [0.2, 0.25) is 0 Å². The summed E-state index contributed by atoms with van der Waals surface area (Å²) in [5.74, 6) is -0.122. The molecule has 0 saturated heterocycles. The summed E-state index contributed by atoms with van der Waals surface area (Å²) in [4.78, 5) is 11.2. The molecule has 0 heterocycles. The van der Waals surface area contributed by atoms with Gasteiger partial charge in [-0.25, -0.2) is 0 Å². The summed E-state index contributed by atoms with van der Waals surface area (Å²) in [6.45, 7) is 9.77. The second-order valence-electron chi connectivity index (χ2n) is 3.23. The van der Waals surface area contributed by atoms with Crippen molar-refractivity contribution in [1.82, 2.24) is 0 Å². The van der Waals surface area contributed by atoms with Crippen LogP contribution in [0.4, 0.5) is 0 Å². The molecule has 69 valence electrons. The Bertz CT molecular complexity index is 132. The van der Waals surface area contributed by atoms with Crippen molar-refractivity contribution in [3.63, 3.8) is 0 Å². The first-order valence-electron chi connectivity index (χ1n) is 4.01. The van der Waals surface area contributed by atoms with Gasteiger partial charge in [0.25, 0.3) is 0 Å². The Morgan fingerprint density at radius 1 is 1.50 bits per heavy atom. The Morgan fingerprint density at radius 2 is 2.00 bits per heavy atom. The molecule has 1 radical (unpaired) electrons. The molecule has 3 heteroatoms. The first-order valence-corrected chi connectivity index (χ1v) is 4.01. The number of carbonyl (C=O) groups is 1. The van der Waals surface area contributed by atoms with Crippen molar-refractivity contribution in [2.24, 2.45) is 5.41 Å². The van der Waals surface area contributed by atoms with Gasteiger partial charge < -0.3 is 11.7 Å². The van der Waals surface area contributed by atoms with Gasteiger partial charge >= 0.3 is 5.97 Å². The van der Waals surface area contributed by atoms with Gasteiger partial charge in [0.15, 0.2) is 0 Å². The smallest absolute Gasteiger partial charge is 0.311 e. The van der Waals surface area contributed by atoms with E-state index < -0.39 is 0 Å². The minimum Gasteiger partial charge on any atom is -0.468 e. The number of rotatable bonds is 4. The second kappa shape index (κ2) is 7.02. The van der Waals surface area contributed by atoms with Crippen molar-refractivity contribution in [2.75, 3.05) is 6.61 Å². The van der Waals surface area contributed by atoms with Gasteiger partial charge in [-0.1, -0.05) is 6.92 Å². The average Bonchev–Trinajstić information content (AvgIpc) is 2.00. The molecule has 12 heavy (non-hydrogen) atoms. The predicted molar refractivity (Wildman–Crippen MR) is 45.0 cm³/mol. The molecule has 0 atom stereocenters. The molecule has 0 rings (SSSR count). The second-order valence-corrected chi connectivity index (χ2v) is 3.23. The van der Waals surface area contributed by atoms with E-state index in [0.29, 0.717) is 13.0 Å². The molecule has 0 aliphatic heterocycles. The summed E-state index contributed by atoms with van der Waals surface area (Å²) >= 11 is 0. The Kier molecular flexibility index (Phi) is 8.82. The summed E-state index contributed by atoms with van der Waals surface area (Å²) in [7, 11) is 0. The molecule has 0 aromatic carbocycles. The normalized spacial score (nSPS) is 10.3. The molecule has 0 fully saturated rings. The molecular weight excluding hydrogens is 229 g/mol. The molecule has 0 amide bonds. The van der Waals surface area contributed by atoms with E-state index in [-0.39, 0.29) is 44.1 Å². The zero-order valence-corrected chi connectivity index (χ0v) is 11.1. The monoisotopic (exact) mass is 246 g/mol. The van der Waals surface area contributed by atoms with Crippen molar-refractivity contribution in [1.29, 1.82) is 0 Å². The molecule has 0 aliphatic carbocycles. The van der Waals surface area contributed by atoms with Gasteiger partial charge in [-0.15, -0.1) is 6.42 Å². The Hall–Kier alpha value is 0.574. The maximum Gasteiger partial charge on any atom is 0.311 e. The molecule has 0 aromatic rings. The minimum absolute atomic E-state index is 0. The summed E-state index contributed by atoms with van der Waals surface area (Å²) < 4.78 is 4.95. The topological polar surface area (TPSA) is 26.3 Å². The zero-order chi connectivity index (χ0) is 8.91. The van der Waals surface area contributed by atoms with Crippen molar-refractivity contribution in [3.05, 3.63) is 6.92 Å². The Balaban J connectivity index is 0. The van der Waals surface area contributed by atoms with Crippen molar-refractivity contribution in [2.45, 2.75) is 33.6 Å². The van der Waals surface area contributed by atoms with Gasteiger partial charge in [-0.3, -0.25) is 4.79 Å². The number of ether oxygens (including phenoxy) is 1. The molecule has 0 bridgehead atoms. The number of esters is 1. The van der Waals surface area contributed by atoms with Crippen LogP contribution in [0.5, 0.6) is 0 Å². The first kappa shape index (κ1) is 15.1. The molecule has 0 spiro atoms. The Morgan fingerprint density at radius 3 is 2.33 bits per heavy atom. The summed E-state index contributed by atoms with van der Waals surface area (Å²) in [5, 5.41) is 0. The molecule has 0 N–H and O–H groups in total. The number of hydrogen-bond donors (Lipinski definition) is 0. The number of carbonyl (C=O) groups excluding carboxylic acids is 1. The quantitative estimate of drug-likeness (QED) is 0.561. The largest absolute Gasteiger partial charge is 0.468 e. The van der Waals surface area contributed by atoms with Gasteiger partial charge in [0.05, 0.1) is 12.0 Å². The minimum atomic E-state index is -0.338. The van der Waals surface area contributed by atoms with E-state index in [1.165, 1.54) is 0 Å². The van der Waals surface area contributed by atoms with Gasteiger partial charge in [0, 0.05) is 32.7 Å². The van der Waals surface area contributed by atoms with Crippen LogP contribution in [0, 0.1) is 12.3 Å². The third-order valence-corrected chi connectivity index (χ3v) is 1.81. The average molecular weight is 246 g/mol. The SMILES string of the molecule is [CH2-]CCOC(=O)C(C)(C)CC.[Y]. The van der Waals surface area contributed by atoms with Crippen molar-refractivity contribution < 1.29 is 42.2 Å². The summed E-state index contributed by atoms with van der Waals surface area (Å²) in [6, 6.07) is 0. The van der Waals surface area contributed by atoms with Gasteiger partial charge in [-0.2, -0.15) is 0 Å². The summed E-state index contributed by atoms with van der Waals surface area (Å²) in [5.41, 5.74) is -0.338. The molecule has 2 nitrogen and oxygen atoms in total. The van der Waals surface area contributed by atoms with Crippen LogP contribution in [-0.4, -0.2) is 12.6 Å². The molecule has 0 aliphatic rings. The van der Waals surface area contributed by atoms with E-state index in [1.54, 1.807) is 0 Å². The van der Waals surface area contributed by atoms with Crippen LogP contribution in [-0.2, 0) is 42.2 Å². The van der Waals surface area contributed by atoms with Crippen LogP contribution in [0.15, 0.2) is 0 Å². The number of hydrogen-bond acceptors (Lipinski definition) is 2. The van der Waals surface area contributed by atoms with E-state index in [9.17, 15) is 4.79 Å². The molecule has 0 aromatic heterocycles. The van der Waals surface area contributed by atoms with Crippen LogP contribution in [0.25, 0.3) is 0 Å². The fourth-order valence-corrected chi connectivity index (χ4v) is 0.505. The third-order valence-electron chi connectivity index (χ3n) is 1.81. The van der Waals surface area contributed by atoms with E-state index in [1.807, 2.05) is 20.8 Å². The van der Waals surface area contributed by atoms with Gasteiger partial charge in [0.1, 0.15) is 0 Å². The fourth-order valence-electron chi connectivity index (χ4n) is 0.505. The first-order chi connectivity index (χ1) is 5.04. The van der Waals surface area contributed by atoms with Gasteiger partial charge in [0.2, 0.25) is 0 Å². The van der Waals surface area contributed by atoms with Crippen LogP contribution in [0.3, 0.4) is 0 Å². The van der Waals surface area contributed by atoms with E-state index in [2.05, 4.69) is 6.92 Å². The maximum atomic E-state index is 11.2. The van der Waals surface area contributed by atoms with E-state index in [0.717, 1.165) is 6.42 Å². The van der Waals surface area contributed by atoms with Crippen LogP contribution < -0.4 is 0 Å². The van der Waals surface area contributed by atoms with Crippen LogP contribution >= 0.6 is 0 Å². The third kappa shape index (κ3) is 5.26. The van der Waals surface area contributed by atoms with E-state index >= 15 is 0 Å². The molecule has 0 saturated carbocycles. The van der Waals surface area contributed by atoms with E-state index in [4.69, 9.17) is 4.74 Å². The van der Waals surface area contributed by atoms with Crippen LogP contribution in [0.1, 0.15) is 33.6 Å². The fraction of sp³-hybridized carbons (Fsp3) is 0.778. The van der Waals surface area contributed by atoms with Crippen molar-refractivity contribution in [3.8, 4) is 0 Å². The standard InChI is InChI=1S/C9H17O2.Y/c1-5-7-11-8(10)9(3,4)6-2;/h1,5-7H2,2-4H3;/q-1;. The zero-order valence-electron chi connectivity index (χ0n) is 8.22.